The number of amides is 2. The first-order valence-electron chi connectivity index (χ1n) is 6.21. The smallest absolute Gasteiger partial charge is 0.319 e. The molecule has 7 heteroatoms. The van der Waals surface area contributed by atoms with Crippen LogP contribution in [0.5, 0.6) is 0 Å². The second-order valence-electron chi connectivity index (χ2n) is 4.46. The summed E-state index contributed by atoms with van der Waals surface area (Å²) in [5, 5.41) is 12.8. The molecule has 3 rings (SSSR count). The molecular weight excluding hydrogens is 296 g/mol. The lowest BCUT2D eigenvalue weighted by molar-refractivity contribution is 0.248. The highest BCUT2D eigenvalue weighted by Crippen LogP contribution is 2.37. The van der Waals surface area contributed by atoms with Gasteiger partial charge in [-0.1, -0.05) is 11.6 Å². The Morgan fingerprint density at radius 3 is 3.20 bits per heavy atom. The Morgan fingerprint density at radius 1 is 1.50 bits per heavy atom. The van der Waals surface area contributed by atoms with Crippen molar-refractivity contribution < 1.29 is 4.79 Å². The SMILES string of the molecule is O=C(Nc1cn[nH]c1)N[C@H]1CCSc2ccc(Cl)cc21. The Bertz CT molecular complexity index is 617. The second-order valence-corrected chi connectivity index (χ2v) is 6.03. The van der Waals surface area contributed by atoms with E-state index >= 15 is 0 Å². The zero-order valence-electron chi connectivity index (χ0n) is 10.5. The predicted octanol–water partition coefficient (Wildman–Crippen LogP) is 3.42. The summed E-state index contributed by atoms with van der Waals surface area (Å²) in [7, 11) is 0. The largest absolute Gasteiger partial charge is 0.331 e. The number of nitrogens with zero attached hydrogens (tertiary/aromatic N) is 1. The second kappa shape index (κ2) is 5.76. The molecule has 3 N–H and O–H groups in total. The van der Waals surface area contributed by atoms with Crippen molar-refractivity contribution >= 4 is 35.1 Å². The van der Waals surface area contributed by atoms with Crippen molar-refractivity contribution in [1.29, 1.82) is 0 Å². The zero-order valence-corrected chi connectivity index (χ0v) is 12.1. The fourth-order valence-corrected chi connectivity index (χ4v) is 3.45. The molecule has 2 aromatic rings. The number of aromatic amines is 1. The molecule has 20 heavy (non-hydrogen) atoms. The fourth-order valence-electron chi connectivity index (χ4n) is 2.16. The summed E-state index contributed by atoms with van der Waals surface area (Å²) >= 11 is 7.83. The van der Waals surface area contributed by atoms with Gasteiger partial charge in [-0.15, -0.1) is 11.8 Å². The molecule has 104 valence electrons. The van der Waals surface area contributed by atoms with Crippen LogP contribution in [-0.2, 0) is 0 Å². The molecule has 0 bridgehead atoms. The van der Waals surface area contributed by atoms with Gasteiger partial charge in [0.2, 0.25) is 0 Å². The lowest BCUT2D eigenvalue weighted by Gasteiger charge is -2.26. The average molecular weight is 309 g/mol. The molecular formula is C13H13ClN4OS. The van der Waals surface area contributed by atoms with Crippen molar-refractivity contribution in [2.24, 2.45) is 0 Å². The summed E-state index contributed by atoms with van der Waals surface area (Å²) in [6.45, 7) is 0. The van der Waals surface area contributed by atoms with Gasteiger partial charge in [0.05, 0.1) is 17.9 Å². The van der Waals surface area contributed by atoms with Crippen LogP contribution in [0, 0.1) is 0 Å². The minimum absolute atomic E-state index is 0.0168. The number of nitrogens with one attached hydrogen (secondary N) is 3. The lowest BCUT2D eigenvalue weighted by Crippen LogP contribution is -2.34. The van der Waals surface area contributed by atoms with Gasteiger partial charge in [-0.05, 0) is 30.2 Å². The van der Waals surface area contributed by atoms with E-state index in [1.165, 1.54) is 4.90 Å². The van der Waals surface area contributed by atoms with E-state index in [9.17, 15) is 4.79 Å². The number of rotatable bonds is 2. The van der Waals surface area contributed by atoms with E-state index in [1.54, 1.807) is 24.2 Å². The van der Waals surface area contributed by atoms with Gasteiger partial charge in [-0.2, -0.15) is 5.10 Å². The highest BCUT2D eigenvalue weighted by atomic mass is 35.5. The maximum absolute atomic E-state index is 12.0. The van der Waals surface area contributed by atoms with E-state index in [-0.39, 0.29) is 12.1 Å². The van der Waals surface area contributed by atoms with Crippen LogP contribution >= 0.6 is 23.4 Å². The zero-order chi connectivity index (χ0) is 13.9. The third kappa shape index (κ3) is 2.91. The van der Waals surface area contributed by atoms with E-state index in [4.69, 9.17) is 11.6 Å². The molecule has 0 unspecified atom stereocenters. The molecule has 0 saturated heterocycles. The number of benzene rings is 1. The highest BCUT2D eigenvalue weighted by molar-refractivity contribution is 7.99. The van der Waals surface area contributed by atoms with Crippen LogP contribution in [0.2, 0.25) is 5.02 Å². The summed E-state index contributed by atoms with van der Waals surface area (Å²) in [5.74, 6) is 0.977. The summed E-state index contributed by atoms with van der Waals surface area (Å²) in [4.78, 5) is 13.1. The van der Waals surface area contributed by atoms with Crippen LogP contribution in [0.15, 0.2) is 35.5 Å². The number of aromatic nitrogens is 2. The first-order valence-corrected chi connectivity index (χ1v) is 7.57. The molecule has 2 amide bonds. The van der Waals surface area contributed by atoms with Gasteiger partial charge in [-0.25, -0.2) is 4.79 Å². The van der Waals surface area contributed by atoms with E-state index < -0.39 is 0 Å². The molecule has 1 atom stereocenters. The first-order chi connectivity index (χ1) is 9.72. The lowest BCUT2D eigenvalue weighted by atomic mass is 10.0. The van der Waals surface area contributed by atoms with Gasteiger partial charge in [0.1, 0.15) is 0 Å². The molecule has 1 aromatic heterocycles. The number of thioether (sulfide) groups is 1. The number of hydrogen-bond acceptors (Lipinski definition) is 3. The minimum Gasteiger partial charge on any atom is -0.331 e. The third-order valence-corrected chi connectivity index (χ3v) is 4.43. The number of fused-ring (bicyclic) bond motifs is 1. The molecule has 0 radical (unpaired) electrons. The molecule has 0 aliphatic carbocycles. The number of urea groups is 1. The minimum atomic E-state index is -0.241. The van der Waals surface area contributed by atoms with E-state index in [1.807, 2.05) is 18.2 Å². The van der Waals surface area contributed by atoms with Crippen molar-refractivity contribution in [3.8, 4) is 0 Å². The molecule has 0 saturated carbocycles. The monoisotopic (exact) mass is 308 g/mol. The molecule has 0 spiro atoms. The maximum atomic E-state index is 12.0. The quantitative estimate of drug-likeness (QED) is 0.796. The van der Waals surface area contributed by atoms with Crippen molar-refractivity contribution in [3.63, 3.8) is 0 Å². The number of H-pyrrole nitrogens is 1. The predicted molar refractivity (Wildman–Crippen MR) is 80.3 cm³/mol. The summed E-state index contributed by atoms with van der Waals surface area (Å²) in [6, 6.07) is 5.54. The Morgan fingerprint density at radius 2 is 2.40 bits per heavy atom. The van der Waals surface area contributed by atoms with Gasteiger partial charge >= 0.3 is 6.03 Å². The van der Waals surface area contributed by atoms with Crippen LogP contribution in [-0.4, -0.2) is 22.0 Å². The molecule has 2 heterocycles. The fraction of sp³-hybridized carbons (Fsp3) is 0.231. The van der Waals surface area contributed by atoms with Crippen LogP contribution in [0.1, 0.15) is 18.0 Å². The van der Waals surface area contributed by atoms with Crippen LogP contribution in [0.4, 0.5) is 10.5 Å². The standard InChI is InChI=1S/C13H13ClN4OS/c14-8-1-2-12-10(5-8)11(3-4-20-12)18-13(19)17-9-6-15-16-7-9/h1-2,5-7,11H,3-4H2,(H,15,16)(H2,17,18,19)/t11-/m0/s1. The van der Waals surface area contributed by atoms with Crippen LogP contribution in [0.3, 0.4) is 0 Å². The number of carbonyl (C=O) groups excluding carboxylic acids is 1. The Kier molecular flexibility index (Phi) is 3.84. The Labute approximate surface area is 125 Å². The van der Waals surface area contributed by atoms with Crippen molar-refractivity contribution in [2.45, 2.75) is 17.4 Å². The number of hydrogen-bond donors (Lipinski definition) is 3. The molecule has 1 aliphatic rings. The van der Waals surface area contributed by atoms with Crippen molar-refractivity contribution in [3.05, 3.63) is 41.2 Å². The number of carbonyl (C=O) groups is 1. The third-order valence-electron chi connectivity index (χ3n) is 3.07. The maximum Gasteiger partial charge on any atom is 0.319 e. The molecule has 1 aromatic carbocycles. The van der Waals surface area contributed by atoms with Crippen molar-refractivity contribution in [1.82, 2.24) is 15.5 Å². The van der Waals surface area contributed by atoms with Gasteiger partial charge in [0.15, 0.2) is 0 Å². The number of halogens is 1. The van der Waals surface area contributed by atoms with E-state index in [2.05, 4.69) is 20.8 Å². The van der Waals surface area contributed by atoms with Crippen molar-refractivity contribution in [2.75, 3.05) is 11.1 Å². The summed E-state index contributed by atoms with van der Waals surface area (Å²) in [5.41, 5.74) is 1.72. The Balaban J connectivity index is 1.72. The summed E-state index contributed by atoms with van der Waals surface area (Å²) < 4.78 is 0. The summed E-state index contributed by atoms with van der Waals surface area (Å²) in [6.07, 6.45) is 4.07. The van der Waals surface area contributed by atoms with Gasteiger partial charge < -0.3 is 10.6 Å². The van der Waals surface area contributed by atoms with Gasteiger partial charge in [0, 0.05) is 21.9 Å². The van der Waals surface area contributed by atoms with Gasteiger partial charge in [-0.3, -0.25) is 5.10 Å². The van der Waals surface area contributed by atoms with E-state index in [0.717, 1.165) is 17.7 Å². The Hall–Kier alpha value is -1.66. The van der Waals surface area contributed by atoms with Crippen LogP contribution in [0.25, 0.3) is 0 Å². The molecule has 1 aliphatic heterocycles. The first kappa shape index (κ1) is 13.3. The van der Waals surface area contributed by atoms with Gasteiger partial charge in [0.25, 0.3) is 0 Å². The normalized spacial score (nSPS) is 17.4. The number of anilines is 1. The van der Waals surface area contributed by atoms with E-state index in [0.29, 0.717) is 10.7 Å². The van der Waals surface area contributed by atoms with Crippen LogP contribution < -0.4 is 10.6 Å². The average Bonchev–Trinajstić information content (AvgIpc) is 2.92. The molecule has 0 fully saturated rings. The highest BCUT2D eigenvalue weighted by Gasteiger charge is 2.22. The topological polar surface area (TPSA) is 69.8 Å². The molecule has 5 nitrogen and oxygen atoms in total.